The van der Waals surface area contributed by atoms with Crippen molar-refractivity contribution in [2.75, 3.05) is 13.1 Å². The van der Waals surface area contributed by atoms with E-state index in [0.717, 1.165) is 25.8 Å². The molecule has 0 N–H and O–H groups in total. The lowest BCUT2D eigenvalue weighted by atomic mass is 9.71. The molecule has 0 aromatic heterocycles. The Morgan fingerprint density at radius 2 is 1.89 bits per heavy atom. The molecule has 3 rings (SSSR count). The van der Waals surface area contributed by atoms with Gasteiger partial charge in [0, 0.05) is 6.54 Å². The molecule has 0 bridgehead atoms. The fourth-order valence-corrected chi connectivity index (χ4v) is 3.33. The van der Waals surface area contributed by atoms with E-state index in [9.17, 15) is 4.79 Å². The zero-order valence-corrected chi connectivity index (χ0v) is 11.3. The molecule has 1 aliphatic heterocycles. The fourth-order valence-electron chi connectivity index (χ4n) is 3.33. The maximum Gasteiger partial charge on any atom is 0.235 e. The molecule has 2 aliphatic rings. The summed E-state index contributed by atoms with van der Waals surface area (Å²) in [5, 5.41) is 0. The summed E-state index contributed by atoms with van der Waals surface area (Å²) in [7, 11) is 0. The van der Waals surface area contributed by atoms with Crippen LogP contribution in [0.5, 0.6) is 0 Å². The molecule has 0 amide bonds. The van der Waals surface area contributed by atoms with E-state index in [1.165, 1.54) is 37.1 Å². The summed E-state index contributed by atoms with van der Waals surface area (Å²) in [6.45, 7) is 3.38. The number of carbonyl (C=O) groups excluding carboxylic acids is 1. The van der Waals surface area contributed by atoms with Crippen LogP contribution in [0.25, 0.3) is 0 Å². The van der Waals surface area contributed by atoms with Gasteiger partial charge in [0.25, 0.3) is 0 Å². The molecule has 1 aromatic rings. The Morgan fingerprint density at radius 1 is 1.16 bits per heavy atom. The predicted molar refractivity (Wildman–Crippen MR) is 74.6 cm³/mol. The lowest BCUT2D eigenvalue weighted by molar-refractivity contribution is 0.249. The van der Waals surface area contributed by atoms with Crippen LogP contribution in [-0.2, 0) is 16.9 Å². The van der Waals surface area contributed by atoms with Crippen LogP contribution in [0.4, 0.5) is 0 Å². The first kappa shape index (κ1) is 12.6. The Kier molecular flexibility index (Phi) is 3.50. The molecular formula is C16H20N2O. The van der Waals surface area contributed by atoms with Crippen LogP contribution in [0.2, 0.25) is 0 Å². The van der Waals surface area contributed by atoms with Gasteiger partial charge in [-0.15, -0.1) is 0 Å². The third-order valence-electron chi connectivity index (χ3n) is 4.55. The van der Waals surface area contributed by atoms with E-state index in [1.807, 2.05) is 0 Å². The molecule has 1 saturated heterocycles. The molecule has 1 heterocycles. The van der Waals surface area contributed by atoms with E-state index in [-0.39, 0.29) is 5.54 Å². The van der Waals surface area contributed by atoms with Crippen LogP contribution < -0.4 is 0 Å². The first-order chi connectivity index (χ1) is 9.34. The summed E-state index contributed by atoms with van der Waals surface area (Å²) in [6.07, 6.45) is 7.53. The minimum absolute atomic E-state index is 0.266. The molecule has 0 spiro atoms. The van der Waals surface area contributed by atoms with Crippen molar-refractivity contribution in [3.63, 3.8) is 0 Å². The van der Waals surface area contributed by atoms with Gasteiger partial charge in [0.15, 0.2) is 0 Å². The number of likely N-dealkylation sites (tertiary alicyclic amines) is 1. The Balaban J connectivity index is 1.90. The van der Waals surface area contributed by atoms with Gasteiger partial charge in [0.2, 0.25) is 6.08 Å². The standard InChI is InChI=1S/C16H20N2O/c19-13-17-16(8-5-9-16)15-7-2-1-6-14(15)12-18-10-3-4-11-18/h1-2,6-7H,3-5,8-12H2. The van der Waals surface area contributed by atoms with Gasteiger partial charge in [-0.05, 0) is 56.3 Å². The summed E-state index contributed by atoms with van der Waals surface area (Å²) < 4.78 is 0. The molecule has 2 fully saturated rings. The second-order valence-electron chi connectivity index (χ2n) is 5.73. The molecule has 3 heteroatoms. The summed E-state index contributed by atoms with van der Waals surface area (Å²) >= 11 is 0. The van der Waals surface area contributed by atoms with Crippen molar-refractivity contribution in [1.29, 1.82) is 0 Å². The highest BCUT2D eigenvalue weighted by Crippen LogP contribution is 2.46. The lowest BCUT2D eigenvalue weighted by Gasteiger charge is -2.38. The molecule has 0 radical (unpaired) electrons. The summed E-state index contributed by atoms with van der Waals surface area (Å²) in [4.78, 5) is 17.4. The molecule has 3 nitrogen and oxygen atoms in total. The predicted octanol–water partition coefficient (Wildman–Crippen LogP) is 3.00. The third-order valence-corrected chi connectivity index (χ3v) is 4.55. The highest BCUT2D eigenvalue weighted by atomic mass is 16.1. The van der Waals surface area contributed by atoms with E-state index in [0.29, 0.717) is 0 Å². The zero-order chi connectivity index (χ0) is 13.1. The number of hydrogen-bond acceptors (Lipinski definition) is 3. The van der Waals surface area contributed by atoms with Crippen molar-refractivity contribution in [2.24, 2.45) is 4.99 Å². The summed E-state index contributed by atoms with van der Waals surface area (Å²) in [5.41, 5.74) is 2.32. The number of nitrogens with zero attached hydrogens (tertiary/aromatic N) is 2. The van der Waals surface area contributed by atoms with Gasteiger partial charge in [-0.2, -0.15) is 4.99 Å². The maximum atomic E-state index is 10.7. The number of rotatable bonds is 4. The highest BCUT2D eigenvalue weighted by molar-refractivity contribution is 5.42. The molecular weight excluding hydrogens is 236 g/mol. The highest BCUT2D eigenvalue weighted by Gasteiger charge is 2.40. The van der Waals surface area contributed by atoms with Gasteiger partial charge in [-0.1, -0.05) is 24.3 Å². The van der Waals surface area contributed by atoms with Crippen molar-refractivity contribution in [1.82, 2.24) is 4.90 Å². The number of aliphatic imine (C=N–C) groups is 1. The van der Waals surface area contributed by atoms with Crippen LogP contribution in [0.15, 0.2) is 29.3 Å². The first-order valence-corrected chi connectivity index (χ1v) is 7.24. The van der Waals surface area contributed by atoms with E-state index in [4.69, 9.17) is 0 Å². The van der Waals surface area contributed by atoms with E-state index in [1.54, 1.807) is 6.08 Å². The second-order valence-corrected chi connectivity index (χ2v) is 5.73. The molecule has 0 unspecified atom stereocenters. The molecule has 19 heavy (non-hydrogen) atoms. The Hall–Kier alpha value is -1.44. The number of benzene rings is 1. The lowest BCUT2D eigenvalue weighted by Crippen LogP contribution is -2.34. The van der Waals surface area contributed by atoms with E-state index >= 15 is 0 Å². The van der Waals surface area contributed by atoms with E-state index in [2.05, 4.69) is 34.2 Å². The first-order valence-electron chi connectivity index (χ1n) is 7.24. The smallest absolute Gasteiger partial charge is 0.235 e. The summed E-state index contributed by atoms with van der Waals surface area (Å²) in [6, 6.07) is 8.48. The number of isocyanates is 1. The minimum Gasteiger partial charge on any atom is -0.299 e. The van der Waals surface area contributed by atoms with Crippen LogP contribution in [0, 0.1) is 0 Å². The van der Waals surface area contributed by atoms with Gasteiger partial charge in [0.05, 0.1) is 5.54 Å². The second kappa shape index (κ2) is 5.28. The van der Waals surface area contributed by atoms with Crippen LogP contribution in [0.1, 0.15) is 43.2 Å². The van der Waals surface area contributed by atoms with Crippen molar-refractivity contribution in [2.45, 2.75) is 44.2 Å². The monoisotopic (exact) mass is 256 g/mol. The topological polar surface area (TPSA) is 32.7 Å². The molecule has 0 atom stereocenters. The van der Waals surface area contributed by atoms with Gasteiger partial charge in [0.1, 0.15) is 0 Å². The number of hydrogen-bond donors (Lipinski definition) is 0. The molecule has 1 aliphatic carbocycles. The fraction of sp³-hybridized carbons (Fsp3) is 0.562. The third kappa shape index (κ3) is 2.36. The average molecular weight is 256 g/mol. The van der Waals surface area contributed by atoms with Crippen molar-refractivity contribution < 1.29 is 4.79 Å². The zero-order valence-electron chi connectivity index (χ0n) is 11.3. The van der Waals surface area contributed by atoms with Crippen molar-refractivity contribution >= 4 is 6.08 Å². The Labute approximate surface area is 114 Å². The minimum atomic E-state index is -0.266. The molecule has 1 aromatic carbocycles. The van der Waals surface area contributed by atoms with Crippen LogP contribution >= 0.6 is 0 Å². The van der Waals surface area contributed by atoms with Gasteiger partial charge < -0.3 is 0 Å². The normalized spacial score (nSPS) is 21.7. The summed E-state index contributed by atoms with van der Waals surface area (Å²) in [5.74, 6) is 0. The Bertz CT molecular complexity index is 495. The van der Waals surface area contributed by atoms with Crippen molar-refractivity contribution in [3.8, 4) is 0 Å². The Morgan fingerprint density at radius 3 is 2.53 bits per heavy atom. The van der Waals surface area contributed by atoms with E-state index < -0.39 is 0 Å². The quantitative estimate of drug-likeness (QED) is 0.613. The van der Waals surface area contributed by atoms with Gasteiger partial charge >= 0.3 is 0 Å². The molecule has 100 valence electrons. The largest absolute Gasteiger partial charge is 0.299 e. The van der Waals surface area contributed by atoms with Gasteiger partial charge in [-0.25, -0.2) is 4.79 Å². The van der Waals surface area contributed by atoms with Gasteiger partial charge in [-0.3, -0.25) is 4.90 Å². The van der Waals surface area contributed by atoms with Crippen LogP contribution in [0.3, 0.4) is 0 Å². The average Bonchev–Trinajstić information content (AvgIpc) is 2.88. The maximum absolute atomic E-state index is 10.7. The van der Waals surface area contributed by atoms with Crippen molar-refractivity contribution in [3.05, 3.63) is 35.4 Å². The SMILES string of the molecule is O=C=NC1(c2ccccc2CN2CCCC2)CCC1. The van der Waals surface area contributed by atoms with Crippen LogP contribution in [-0.4, -0.2) is 24.1 Å². The molecule has 1 saturated carbocycles.